The molecule has 0 aliphatic carbocycles. The second-order valence-electron chi connectivity index (χ2n) is 3.51. The maximum atomic E-state index is 13.2. The number of aliphatic hydroxyl groups excluding tert-OH is 2. The van der Waals surface area contributed by atoms with Gasteiger partial charge in [-0.3, -0.25) is 0 Å². The summed E-state index contributed by atoms with van der Waals surface area (Å²) in [6.07, 6.45) is -2.33. The van der Waals surface area contributed by atoms with Gasteiger partial charge >= 0.3 is 0 Å². The zero-order chi connectivity index (χ0) is 13.0. The summed E-state index contributed by atoms with van der Waals surface area (Å²) in [5, 5.41) is 19.2. The highest BCUT2D eigenvalue weighted by Crippen LogP contribution is 2.27. The highest BCUT2D eigenvalue weighted by molar-refractivity contribution is 6.17. The molecule has 17 heavy (non-hydrogen) atoms. The van der Waals surface area contributed by atoms with Crippen LogP contribution in [0.5, 0.6) is 5.75 Å². The zero-order valence-electron chi connectivity index (χ0n) is 9.16. The predicted octanol–water partition coefficient (Wildman–Crippen LogP) is 2.00. The van der Waals surface area contributed by atoms with Crippen molar-refractivity contribution in [2.24, 2.45) is 0 Å². The van der Waals surface area contributed by atoms with E-state index in [0.717, 1.165) is 12.1 Å². The van der Waals surface area contributed by atoms with Crippen LogP contribution in [-0.4, -0.2) is 29.3 Å². The normalized spacial score (nSPS) is 14.5. The molecule has 3 nitrogen and oxygen atoms in total. The highest BCUT2D eigenvalue weighted by atomic mass is 35.5. The van der Waals surface area contributed by atoms with E-state index in [4.69, 9.17) is 11.6 Å². The number of hydrogen-bond acceptors (Lipinski definition) is 3. The van der Waals surface area contributed by atoms with Gasteiger partial charge in [-0.2, -0.15) is 4.39 Å². The van der Waals surface area contributed by atoms with Crippen LogP contribution in [0.3, 0.4) is 0 Å². The van der Waals surface area contributed by atoms with Crippen molar-refractivity contribution in [2.45, 2.75) is 18.6 Å². The number of hydrogen-bond donors (Lipinski definition) is 2. The van der Waals surface area contributed by atoms with Crippen molar-refractivity contribution in [3.63, 3.8) is 0 Å². The lowest BCUT2D eigenvalue weighted by atomic mass is 10.0. The predicted molar refractivity (Wildman–Crippen MR) is 59.2 cm³/mol. The van der Waals surface area contributed by atoms with Crippen molar-refractivity contribution < 1.29 is 23.7 Å². The molecule has 96 valence electrons. The van der Waals surface area contributed by atoms with Gasteiger partial charge in [0.2, 0.25) is 5.82 Å². The Morgan fingerprint density at radius 1 is 1.35 bits per heavy atom. The number of ether oxygens (including phenoxy) is 1. The Kier molecular flexibility index (Phi) is 5.11. The third kappa shape index (κ3) is 3.28. The maximum Gasteiger partial charge on any atom is 0.200 e. The van der Waals surface area contributed by atoms with E-state index in [0.29, 0.717) is 0 Å². The molecule has 0 spiro atoms. The number of methoxy groups -OCH3 is 1. The average molecular weight is 267 g/mol. The van der Waals surface area contributed by atoms with Crippen molar-refractivity contribution >= 4 is 11.6 Å². The van der Waals surface area contributed by atoms with Gasteiger partial charge in [0.1, 0.15) is 6.10 Å². The van der Waals surface area contributed by atoms with Crippen LogP contribution in [0, 0.1) is 11.6 Å². The lowest BCUT2D eigenvalue weighted by Crippen LogP contribution is -2.19. The van der Waals surface area contributed by atoms with E-state index < -0.39 is 23.8 Å². The first-order valence-corrected chi connectivity index (χ1v) is 5.49. The van der Waals surface area contributed by atoms with Crippen LogP contribution in [0.15, 0.2) is 12.1 Å². The van der Waals surface area contributed by atoms with E-state index in [1.807, 2.05) is 0 Å². The van der Waals surface area contributed by atoms with E-state index >= 15 is 0 Å². The summed E-state index contributed by atoms with van der Waals surface area (Å²) in [7, 11) is 1.18. The Labute approximate surface area is 103 Å². The fourth-order valence-corrected chi connectivity index (χ4v) is 1.62. The van der Waals surface area contributed by atoms with Crippen molar-refractivity contribution in [2.75, 3.05) is 13.0 Å². The molecule has 0 amide bonds. The third-order valence-electron chi connectivity index (χ3n) is 2.35. The molecule has 0 fully saturated rings. The second-order valence-corrected chi connectivity index (χ2v) is 3.89. The molecule has 0 radical (unpaired) electrons. The van der Waals surface area contributed by atoms with Gasteiger partial charge in [-0.1, -0.05) is 0 Å². The molecule has 0 aromatic heterocycles. The van der Waals surface area contributed by atoms with E-state index in [1.165, 1.54) is 7.11 Å². The smallest absolute Gasteiger partial charge is 0.200 e. The quantitative estimate of drug-likeness (QED) is 0.802. The molecule has 2 atom stereocenters. The summed E-state index contributed by atoms with van der Waals surface area (Å²) < 4.78 is 30.9. The standard InChI is InChI=1S/C11H13ClF2O3/c1-17-9-5-6(4-7(13)10(9)14)11(16)8(15)2-3-12/h4-5,8,11,15-16H,2-3H2,1H3. The molecule has 0 aliphatic heterocycles. The minimum absolute atomic E-state index is 0.0402. The zero-order valence-corrected chi connectivity index (χ0v) is 9.92. The minimum Gasteiger partial charge on any atom is -0.494 e. The molecular weight excluding hydrogens is 254 g/mol. The van der Waals surface area contributed by atoms with Crippen LogP contribution in [0.4, 0.5) is 8.78 Å². The monoisotopic (exact) mass is 266 g/mol. The molecule has 0 bridgehead atoms. The molecule has 0 heterocycles. The van der Waals surface area contributed by atoms with E-state index in [2.05, 4.69) is 4.74 Å². The van der Waals surface area contributed by atoms with Crippen molar-refractivity contribution in [1.29, 1.82) is 0 Å². The summed E-state index contributed by atoms with van der Waals surface area (Å²) in [6, 6.07) is 1.96. The van der Waals surface area contributed by atoms with Crippen LogP contribution in [0.1, 0.15) is 18.1 Å². The van der Waals surface area contributed by atoms with Gasteiger partial charge in [-0.25, -0.2) is 4.39 Å². The van der Waals surface area contributed by atoms with E-state index in [1.54, 1.807) is 0 Å². The summed E-state index contributed by atoms with van der Waals surface area (Å²) in [6.45, 7) is 0. The first-order valence-electron chi connectivity index (χ1n) is 4.96. The van der Waals surface area contributed by atoms with Gasteiger partial charge in [-0.15, -0.1) is 11.6 Å². The minimum atomic E-state index is -1.34. The average Bonchev–Trinajstić information content (AvgIpc) is 2.31. The first-order chi connectivity index (χ1) is 8.01. The number of rotatable bonds is 5. The molecule has 2 N–H and O–H groups in total. The van der Waals surface area contributed by atoms with Gasteiger partial charge < -0.3 is 14.9 Å². The van der Waals surface area contributed by atoms with Gasteiger partial charge in [0.25, 0.3) is 0 Å². The van der Waals surface area contributed by atoms with Crippen LogP contribution in [0.25, 0.3) is 0 Å². The van der Waals surface area contributed by atoms with Gasteiger partial charge in [-0.05, 0) is 24.1 Å². The van der Waals surface area contributed by atoms with Gasteiger partial charge in [0, 0.05) is 5.88 Å². The fraction of sp³-hybridized carbons (Fsp3) is 0.455. The number of benzene rings is 1. The van der Waals surface area contributed by atoms with Crippen molar-refractivity contribution in [3.05, 3.63) is 29.3 Å². The molecule has 1 rings (SSSR count). The van der Waals surface area contributed by atoms with Crippen molar-refractivity contribution in [3.8, 4) is 5.75 Å². The highest BCUT2D eigenvalue weighted by Gasteiger charge is 2.21. The lowest BCUT2D eigenvalue weighted by molar-refractivity contribution is 0.0166. The molecule has 1 aromatic rings. The Balaban J connectivity index is 3.02. The number of aliphatic hydroxyl groups is 2. The van der Waals surface area contributed by atoms with E-state index in [9.17, 15) is 19.0 Å². The molecule has 1 aromatic carbocycles. The third-order valence-corrected chi connectivity index (χ3v) is 2.57. The number of halogens is 3. The molecular formula is C11H13ClF2O3. The van der Waals surface area contributed by atoms with Gasteiger partial charge in [0.05, 0.1) is 13.2 Å². The SMILES string of the molecule is COc1cc(C(O)C(O)CCCl)cc(F)c1F. The molecule has 0 saturated heterocycles. The summed E-state index contributed by atoms with van der Waals surface area (Å²) >= 11 is 5.41. The second kappa shape index (κ2) is 6.14. The van der Waals surface area contributed by atoms with E-state index in [-0.39, 0.29) is 23.6 Å². The molecule has 6 heteroatoms. The summed E-state index contributed by atoms with van der Waals surface area (Å²) in [5.74, 6) is -2.44. The summed E-state index contributed by atoms with van der Waals surface area (Å²) in [5.41, 5.74) is 0.0402. The number of alkyl halides is 1. The summed E-state index contributed by atoms with van der Waals surface area (Å²) in [4.78, 5) is 0. The van der Waals surface area contributed by atoms with Crippen LogP contribution in [0.2, 0.25) is 0 Å². The molecule has 0 saturated carbocycles. The largest absolute Gasteiger partial charge is 0.494 e. The van der Waals surface area contributed by atoms with Crippen LogP contribution < -0.4 is 4.74 Å². The Hall–Kier alpha value is -0.910. The maximum absolute atomic E-state index is 13.2. The molecule has 2 unspecified atom stereocenters. The lowest BCUT2D eigenvalue weighted by Gasteiger charge is -2.18. The van der Waals surface area contributed by atoms with Crippen LogP contribution >= 0.6 is 11.6 Å². The molecule has 0 aliphatic rings. The Bertz CT molecular complexity index is 387. The first kappa shape index (κ1) is 14.2. The Morgan fingerprint density at radius 2 is 2.00 bits per heavy atom. The Morgan fingerprint density at radius 3 is 2.53 bits per heavy atom. The van der Waals surface area contributed by atoms with Crippen molar-refractivity contribution in [1.82, 2.24) is 0 Å². The topological polar surface area (TPSA) is 49.7 Å². The van der Waals surface area contributed by atoms with Gasteiger partial charge in [0.15, 0.2) is 11.6 Å². The van der Waals surface area contributed by atoms with Crippen LogP contribution in [-0.2, 0) is 0 Å². The fourth-order valence-electron chi connectivity index (χ4n) is 1.39.